The lowest BCUT2D eigenvalue weighted by Gasteiger charge is -2.15. The molecule has 1 N–H and O–H groups in total. The second kappa shape index (κ2) is 10.5. The van der Waals surface area contributed by atoms with Crippen molar-refractivity contribution in [2.75, 3.05) is 32.6 Å². The number of nitrogens with zero attached hydrogens (tertiary/aromatic N) is 5. The molecule has 1 atom stereocenters. The fourth-order valence-electron chi connectivity index (χ4n) is 2.95. The number of likely N-dealkylation sites (N-methyl/N-ethyl adjacent to an activating group) is 1. The van der Waals surface area contributed by atoms with Crippen molar-refractivity contribution in [3.63, 3.8) is 0 Å². The Labute approximate surface area is 197 Å². The first kappa shape index (κ1) is 24.3. The van der Waals surface area contributed by atoms with E-state index in [1.165, 1.54) is 30.6 Å². The zero-order chi connectivity index (χ0) is 24.1. The van der Waals surface area contributed by atoms with Gasteiger partial charge in [-0.15, -0.1) is 0 Å². The molecule has 1 radical (unpaired) electrons. The summed E-state index contributed by atoms with van der Waals surface area (Å²) in [5, 5.41) is 18.8. The van der Waals surface area contributed by atoms with E-state index in [0.717, 1.165) is 0 Å². The number of ether oxygens (including phenoxy) is 1. The van der Waals surface area contributed by atoms with Crippen LogP contribution >= 0.6 is 15.9 Å². The number of anilines is 2. The molecule has 173 valence electrons. The highest BCUT2D eigenvalue weighted by atomic mass is 79.9. The van der Waals surface area contributed by atoms with E-state index < -0.39 is 16.8 Å². The van der Waals surface area contributed by atoms with E-state index in [1.807, 2.05) is 0 Å². The molecule has 0 fully saturated rings. The largest absolute Gasteiger partial charge is 0.484 e. The zero-order valence-electron chi connectivity index (χ0n) is 18.1. The van der Waals surface area contributed by atoms with Crippen LogP contribution in [0.5, 0.6) is 5.75 Å². The van der Waals surface area contributed by atoms with Crippen LogP contribution in [0.3, 0.4) is 0 Å². The number of amides is 1. The molecular weight excluding hydrogens is 499 g/mol. The van der Waals surface area contributed by atoms with Gasteiger partial charge in [0, 0.05) is 16.6 Å². The van der Waals surface area contributed by atoms with Gasteiger partial charge in [0.1, 0.15) is 24.6 Å². The van der Waals surface area contributed by atoms with Gasteiger partial charge in [0.25, 0.3) is 5.91 Å². The second-order valence-corrected chi connectivity index (χ2v) is 8.40. The van der Waals surface area contributed by atoms with Crippen molar-refractivity contribution in [3.05, 3.63) is 57.1 Å². The Morgan fingerprint density at radius 3 is 2.76 bits per heavy atom. The number of nitrogens with one attached hydrogen (secondary N) is 1. The van der Waals surface area contributed by atoms with Crippen molar-refractivity contribution in [1.29, 1.82) is 0 Å². The number of carbonyl (C=O) groups excluding carboxylic acids is 1. The molecular formula is C21H21BrFN6O4. The number of hydrogen-bond acceptors (Lipinski definition) is 8. The Balaban J connectivity index is 1.86. The zero-order valence-corrected chi connectivity index (χ0v) is 19.7. The third kappa shape index (κ3) is 6.33. The number of carbonyl (C=O) groups is 1. The quantitative estimate of drug-likeness (QED) is 0.335. The third-order valence-electron chi connectivity index (χ3n) is 4.39. The lowest BCUT2D eigenvalue weighted by Crippen LogP contribution is -2.36. The summed E-state index contributed by atoms with van der Waals surface area (Å²) in [7, 11) is 3.51. The van der Waals surface area contributed by atoms with E-state index in [2.05, 4.69) is 36.5 Å². The number of rotatable bonds is 9. The molecule has 0 unspecified atom stereocenters. The molecule has 0 aliphatic rings. The minimum absolute atomic E-state index is 0.0194. The van der Waals surface area contributed by atoms with Crippen molar-refractivity contribution in [2.45, 2.75) is 13.0 Å². The monoisotopic (exact) mass is 519 g/mol. The Kier molecular flexibility index (Phi) is 7.71. The molecule has 0 spiro atoms. The first-order valence-electron chi connectivity index (χ1n) is 9.80. The van der Waals surface area contributed by atoms with E-state index in [9.17, 15) is 19.3 Å². The number of aromatic nitrogens is 2. The Bertz CT molecular complexity index is 1190. The number of fused-ring (bicyclic) bond motifs is 1. The molecule has 0 aliphatic heterocycles. The highest BCUT2D eigenvalue weighted by Crippen LogP contribution is 2.35. The van der Waals surface area contributed by atoms with Crippen molar-refractivity contribution in [2.24, 2.45) is 0 Å². The lowest BCUT2D eigenvalue weighted by molar-refractivity contribution is -0.385. The molecule has 0 bridgehead atoms. The minimum atomic E-state index is -0.592. The Morgan fingerprint density at radius 1 is 1.33 bits per heavy atom. The lowest BCUT2D eigenvalue weighted by atomic mass is 10.2. The number of hydrogen-bond donors (Lipinski definition) is 1. The van der Waals surface area contributed by atoms with Gasteiger partial charge in [0.15, 0.2) is 5.75 Å². The van der Waals surface area contributed by atoms with E-state index in [0.29, 0.717) is 15.4 Å². The van der Waals surface area contributed by atoms with E-state index >= 15 is 0 Å². The minimum Gasteiger partial charge on any atom is -0.484 e. The molecule has 3 rings (SSSR count). The van der Waals surface area contributed by atoms with Crippen LogP contribution < -0.4 is 15.4 Å². The molecule has 10 nitrogen and oxygen atoms in total. The van der Waals surface area contributed by atoms with E-state index in [4.69, 9.17) is 4.74 Å². The molecule has 1 heterocycles. The number of halogens is 2. The van der Waals surface area contributed by atoms with Crippen LogP contribution in [0.4, 0.5) is 21.6 Å². The Morgan fingerprint density at radius 2 is 2.09 bits per heavy atom. The van der Waals surface area contributed by atoms with Crippen LogP contribution in [0.15, 0.2) is 41.1 Å². The maximum atomic E-state index is 14.2. The molecule has 0 saturated carbocycles. The highest BCUT2D eigenvalue weighted by Gasteiger charge is 2.21. The van der Waals surface area contributed by atoms with Gasteiger partial charge in [-0.05, 0) is 39.2 Å². The van der Waals surface area contributed by atoms with Crippen molar-refractivity contribution < 1.29 is 18.8 Å². The summed E-state index contributed by atoms with van der Waals surface area (Å²) >= 11 is 3.19. The van der Waals surface area contributed by atoms with Gasteiger partial charge >= 0.3 is 5.69 Å². The van der Waals surface area contributed by atoms with Gasteiger partial charge in [0.2, 0.25) is 0 Å². The van der Waals surface area contributed by atoms with E-state index in [1.54, 1.807) is 32.0 Å². The summed E-state index contributed by atoms with van der Waals surface area (Å²) in [6, 6.07) is 6.63. The van der Waals surface area contributed by atoms with Gasteiger partial charge in [-0.25, -0.2) is 19.7 Å². The first-order chi connectivity index (χ1) is 15.6. The van der Waals surface area contributed by atoms with Crippen LogP contribution in [0.2, 0.25) is 0 Å². The van der Waals surface area contributed by atoms with Crippen LogP contribution in [-0.4, -0.2) is 59.0 Å². The standard InChI is InChI=1S/C21H21BrFN6O4/c1-12(26-20(30)9-28(2)3)10-33-19-8-17-14(7-18(19)29(31)32)21(25-11-24-17)27-16-5-4-13(22)6-15(16)23/h4-8,11-12H,9-10H2,1-3H3,(H,24,25,27)/t12-/m0/s1. The van der Waals surface area contributed by atoms with Crippen molar-refractivity contribution in [1.82, 2.24) is 20.2 Å². The summed E-state index contributed by atoms with van der Waals surface area (Å²) in [6.07, 6.45) is 1.26. The number of nitro benzene ring substituents is 1. The van der Waals surface area contributed by atoms with Crippen molar-refractivity contribution in [3.8, 4) is 5.75 Å². The third-order valence-corrected chi connectivity index (χ3v) is 4.89. The normalized spacial score (nSPS) is 11.9. The van der Waals surface area contributed by atoms with Crippen LogP contribution in [0.1, 0.15) is 6.92 Å². The Hall–Kier alpha value is -3.38. The van der Waals surface area contributed by atoms with Gasteiger partial charge < -0.3 is 15.0 Å². The summed E-state index contributed by atoms with van der Waals surface area (Å²) in [4.78, 5) is 32.9. The smallest absolute Gasteiger partial charge is 0.311 e. The van der Waals surface area contributed by atoms with Gasteiger partial charge in [-0.1, -0.05) is 15.9 Å². The summed E-state index contributed by atoms with van der Waals surface area (Å²) < 4.78 is 20.4. The van der Waals surface area contributed by atoms with Gasteiger partial charge in [0.05, 0.1) is 34.1 Å². The van der Waals surface area contributed by atoms with Crippen molar-refractivity contribution >= 4 is 49.9 Å². The fourth-order valence-corrected chi connectivity index (χ4v) is 3.29. The topological polar surface area (TPSA) is 125 Å². The maximum Gasteiger partial charge on any atom is 0.311 e. The van der Waals surface area contributed by atoms with Crippen LogP contribution in [-0.2, 0) is 4.79 Å². The molecule has 33 heavy (non-hydrogen) atoms. The summed E-state index contributed by atoms with van der Waals surface area (Å²) in [5.41, 5.74) is 0.196. The molecule has 0 saturated heterocycles. The summed E-state index contributed by atoms with van der Waals surface area (Å²) in [5.74, 6) is -0.650. The van der Waals surface area contributed by atoms with Crippen LogP contribution in [0.25, 0.3) is 10.9 Å². The maximum absolute atomic E-state index is 14.2. The predicted octanol–water partition coefficient (Wildman–Crippen LogP) is 3.64. The summed E-state index contributed by atoms with van der Waals surface area (Å²) in [6.45, 7) is 1.80. The molecule has 1 aromatic heterocycles. The highest BCUT2D eigenvalue weighted by molar-refractivity contribution is 9.10. The fraction of sp³-hybridized carbons (Fsp3) is 0.286. The molecule has 2 aromatic carbocycles. The van der Waals surface area contributed by atoms with Crippen LogP contribution in [0, 0.1) is 15.9 Å². The molecule has 1 amide bonds. The predicted molar refractivity (Wildman–Crippen MR) is 124 cm³/mol. The molecule has 3 aromatic rings. The van der Waals surface area contributed by atoms with Gasteiger partial charge in [-0.3, -0.25) is 14.9 Å². The molecule has 0 aliphatic carbocycles. The average molecular weight is 520 g/mol. The average Bonchev–Trinajstić information content (AvgIpc) is 2.73. The molecule has 12 heteroatoms. The SMILES string of the molecule is C[C@@H](COc1cc2ncnc(Nc3ccc(Br)cc3F)c2cc1[N+](=O)[O-])[N]C(=O)CN(C)C. The first-order valence-corrected chi connectivity index (χ1v) is 10.6. The van der Waals surface area contributed by atoms with E-state index in [-0.39, 0.29) is 42.0 Å². The van der Waals surface area contributed by atoms with Gasteiger partial charge in [-0.2, -0.15) is 0 Å². The number of nitro groups is 1. The number of benzene rings is 2. The second-order valence-electron chi connectivity index (χ2n) is 7.49.